The Bertz CT molecular complexity index is 1040. The van der Waals surface area contributed by atoms with Gasteiger partial charge >= 0.3 is 0 Å². The van der Waals surface area contributed by atoms with E-state index >= 15 is 0 Å². The van der Waals surface area contributed by atoms with Crippen LogP contribution in [0.5, 0.6) is 11.5 Å². The predicted octanol–water partition coefficient (Wildman–Crippen LogP) is 2.70. The van der Waals surface area contributed by atoms with Gasteiger partial charge in [0.1, 0.15) is 24.7 Å². The molecule has 1 aliphatic rings. The quantitative estimate of drug-likeness (QED) is 0.656. The molecule has 1 aromatic heterocycles. The number of pyridine rings is 1. The summed E-state index contributed by atoms with van der Waals surface area (Å²) in [6.07, 6.45) is 1.72. The molecule has 0 bridgehead atoms. The number of nitrogens with one attached hydrogen (secondary N) is 1. The monoisotopic (exact) mass is 403 g/mol. The van der Waals surface area contributed by atoms with Gasteiger partial charge in [0.15, 0.2) is 6.61 Å². The zero-order valence-corrected chi connectivity index (χ0v) is 16.3. The predicted molar refractivity (Wildman–Crippen MR) is 111 cm³/mol. The van der Waals surface area contributed by atoms with Crippen molar-refractivity contribution < 1.29 is 19.1 Å². The maximum Gasteiger partial charge on any atom is 0.265 e. The Balaban J connectivity index is 1.32. The number of aromatic nitrogens is 1. The number of hydrogen-bond acceptors (Lipinski definition) is 5. The maximum atomic E-state index is 12.5. The molecule has 0 unspecified atom stereocenters. The number of carbonyl (C=O) groups excluding carboxylic acids is 2. The van der Waals surface area contributed by atoms with Crippen molar-refractivity contribution in [2.75, 3.05) is 18.1 Å². The maximum absolute atomic E-state index is 12.5. The Hall–Kier alpha value is -3.87. The molecule has 0 fully saturated rings. The van der Waals surface area contributed by atoms with Crippen LogP contribution in [0.15, 0.2) is 72.9 Å². The van der Waals surface area contributed by atoms with E-state index in [1.54, 1.807) is 18.3 Å². The minimum atomic E-state index is -0.250. The number of rotatable bonds is 7. The molecular formula is C23H21N3O4. The lowest BCUT2D eigenvalue weighted by atomic mass is 10.2. The molecule has 2 amide bonds. The second-order valence-corrected chi connectivity index (χ2v) is 6.77. The number of ether oxygens (including phenoxy) is 2. The Morgan fingerprint density at radius 2 is 1.97 bits per heavy atom. The molecule has 2 aromatic carbocycles. The fraction of sp³-hybridized carbons (Fsp3) is 0.174. The van der Waals surface area contributed by atoms with Gasteiger partial charge in [-0.2, -0.15) is 0 Å². The van der Waals surface area contributed by atoms with Crippen molar-refractivity contribution in [1.29, 1.82) is 0 Å². The second-order valence-electron chi connectivity index (χ2n) is 6.77. The zero-order chi connectivity index (χ0) is 20.8. The summed E-state index contributed by atoms with van der Waals surface area (Å²) in [5.41, 5.74) is 2.34. The highest BCUT2D eigenvalue weighted by Crippen LogP contribution is 2.31. The molecule has 2 heterocycles. The fourth-order valence-electron chi connectivity index (χ4n) is 3.11. The Morgan fingerprint density at radius 3 is 2.83 bits per heavy atom. The first-order chi connectivity index (χ1) is 14.7. The molecule has 30 heavy (non-hydrogen) atoms. The summed E-state index contributed by atoms with van der Waals surface area (Å²) in [7, 11) is 0. The number of carbonyl (C=O) groups is 2. The van der Waals surface area contributed by atoms with Crippen molar-refractivity contribution in [3.05, 3.63) is 84.2 Å². The van der Waals surface area contributed by atoms with Crippen molar-refractivity contribution in [3.8, 4) is 11.5 Å². The molecule has 0 atom stereocenters. The van der Waals surface area contributed by atoms with E-state index in [0.29, 0.717) is 30.3 Å². The molecule has 0 aliphatic carbocycles. The number of anilines is 1. The van der Waals surface area contributed by atoms with E-state index in [9.17, 15) is 9.59 Å². The van der Waals surface area contributed by atoms with Crippen LogP contribution in [0.3, 0.4) is 0 Å². The normalized spacial score (nSPS) is 12.7. The van der Waals surface area contributed by atoms with Crippen molar-refractivity contribution >= 4 is 17.5 Å². The van der Waals surface area contributed by atoms with E-state index in [4.69, 9.17) is 9.47 Å². The molecule has 0 spiro atoms. The van der Waals surface area contributed by atoms with Gasteiger partial charge in [-0.25, -0.2) is 0 Å². The number of benzene rings is 2. The molecule has 0 radical (unpaired) electrons. The van der Waals surface area contributed by atoms with Gasteiger partial charge in [0.25, 0.3) is 5.91 Å². The number of nitrogens with zero attached hydrogens (tertiary/aromatic N) is 2. The Morgan fingerprint density at radius 1 is 1.10 bits per heavy atom. The molecule has 3 aromatic rings. The Labute approximate surface area is 174 Å². The lowest BCUT2D eigenvalue weighted by Crippen LogP contribution is -2.45. The van der Waals surface area contributed by atoms with Crippen LogP contribution in [-0.2, 0) is 22.7 Å². The lowest BCUT2D eigenvalue weighted by molar-refractivity contribution is -0.125. The van der Waals surface area contributed by atoms with Gasteiger partial charge in [-0.05, 0) is 42.0 Å². The third-order valence-electron chi connectivity index (χ3n) is 4.61. The summed E-state index contributed by atoms with van der Waals surface area (Å²) in [5, 5.41) is 2.86. The average molecular weight is 403 g/mol. The molecule has 0 saturated heterocycles. The molecule has 0 saturated carbocycles. The number of fused-ring (bicyclic) bond motifs is 1. The molecule has 7 heteroatoms. The summed E-state index contributed by atoms with van der Waals surface area (Å²) in [5.74, 6) is 0.806. The molecule has 7 nitrogen and oxygen atoms in total. The standard InChI is InChI=1S/C23H21N3O4/c27-22(14-26-20-9-1-2-10-21(20)30-16-23(26)28)25-13-17-6-5-8-19(12-17)29-15-18-7-3-4-11-24-18/h1-12H,13-16H2,(H,25,27). The van der Waals surface area contributed by atoms with Crippen molar-refractivity contribution in [3.63, 3.8) is 0 Å². The first kappa shape index (κ1) is 19.4. The minimum absolute atomic E-state index is 0.0604. The highest BCUT2D eigenvalue weighted by Gasteiger charge is 2.26. The van der Waals surface area contributed by atoms with Gasteiger partial charge < -0.3 is 14.8 Å². The minimum Gasteiger partial charge on any atom is -0.487 e. The van der Waals surface area contributed by atoms with Gasteiger partial charge in [-0.1, -0.05) is 30.3 Å². The summed E-state index contributed by atoms with van der Waals surface area (Å²) in [6.45, 7) is 0.573. The summed E-state index contributed by atoms with van der Waals surface area (Å²) in [6, 6.07) is 20.4. The van der Waals surface area contributed by atoms with E-state index in [1.807, 2.05) is 54.6 Å². The average Bonchev–Trinajstić information content (AvgIpc) is 2.79. The van der Waals surface area contributed by atoms with Crippen molar-refractivity contribution in [1.82, 2.24) is 10.3 Å². The van der Waals surface area contributed by atoms with Crippen LogP contribution in [0.2, 0.25) is 0 Å². The SMILES string of the molecule is O=C(CN1C(=O)COc2ccccc21)NCc1cccc(OCc2ccccn2)c1. The lowest BCUT2D eigenvalue weighted by Gasteiger charge is -2.28. The van der Waals surface area contributed by atoms with Crippen LogP contribution in [0.1, 0.15) is 11.3 Å². The zero-order valence-electron chi connectivity index (χ0n) is 16.3. The van der Waals surface area contributed by atoms with Crippen LogP contribution in [0.25, 0.3) is 0 Å². The van der Waals surface area contributed by atoms with Crippen molar-refractivity contribution in [2.45, 2.75) is 13.2 Å². The summed E-state index contributed by atoms with van der Waals surface area (Å²) in [4.78, 5) is 30.3. The van der Waals surface area contributed by atoms with Crippen LogP contribution in [-0.4, -0.2) is 29.9 Å². The van der Waals surface area contributed by atoms with Gasteiger partial charge in [0.2, 0.25) is 5.91 Å². The largest absolute Gasteiger partial charge is 0.487 e. The van der Waals surface area contributed by atoms with E-state index < -0.39 is 0 Å². The van der Waals surface area contributed by atoms with Gasteiger partial charge in [0.05, 0.1) is 11.4 Å². The van der Waals surface area contributed by atoms with Gasteiger partial charge in [-0.15, -0.1) is 0 Å². The Kier molecular flexibility index (Phi) is 5.89. The van der Waals surface area contributed by atoms with E-state index in [0.717, 1.165) is 11.3 Å². The van der Waals surface area contributed by atoms with E-state index in [1.165, 1.54) is 4.90 Å². The molecule has 152 valence electrons. The highest BCUT2D eigenvalue weighted by molar-refractivity contribution is 6.02. The van der Waals surface area contributed by atoms with Crippen LogP contribution in [0, 0.1) is 0 Å². The molecule has 4 rings (SSSR count). The summed E-state index contributed by atoms with van der Waals surface area (Å²) < 4.78 is 11.2. The highest BCUT2D eigenvalue weighted by atomic mass is 16.5. The van der Waals surface area contributed by atoms with E-state index in [-0.39, 0.29) is 25.0 Å². The van der Waals surface area contributed by atoms with Gasteiger partial charge in [0, 0.05) is 12.7 Å². The summed E-state index contributed by atoms with van der Waals surface area (Å²) >= 11 is 0. The van der Waals surface area contributed by atoms with Crippen molar-refractivity contribution in [2.24, 2.45) is 0 Å². The third kappa shape index (κ3) is 4.75. The van der Waals surface area contributed by atoms with Crippen LogP contribution in [0.4, 0.5) is 5.69 Å². The van der Waals surface area contributed by atoms with E-state index in [2.05, 4.69) is 10.3 Å². The fourth-order valence-corrected chi connectivity index (χ4v) is 3.11. The second kappa shape index (κ2) is 9.09. The van der Waals surface area contributed by atoms with Gasteiger partial charge in [-0.3, -0.25) is 19.5 Å². The smallest absolute Gasteiger partial charge is 0.265 e. The number of para-hydroxylation sites is 2. The topological polar surface area (TPSA) is 80.8 Å². The molecule has 1 aliphatic heterocycles. The third-order valence-corrected chi connectivity index (χ3v) is 4.61. The van der Waals surface area contributed by atoms with Crippen LogP contribution < -0.4 is 19.7 Å². The number of hydrogen-bond donors (Lipinski definition) is 1. The molecular weight excluding hydrogens is 382 g/mol. The first-order valence-electron chi connectivity index (χ1n) is 9.59. The molecule has 1 N–H and O–H groups in total. The first-order valence-corrected chi connectivity index (χ1v) is 9.59. The van der Waals surface area contributed by atoms with Crippen LogP contribution >= 0.6 is 0 Å². The number of amides is 2.